The summed E-state index contributed by atoms with van der Waals surface area (Å²) in [5.41, 5.74) is -0.547. The number of hydrogen-bond acceptors (Lipinski definition) is 4. The smallest absolute Gasteiger partial charge is 0.252 e. The highest BCUT2D eigenvalue weighted by molar-refractivity contribution is 6.73. The van der Waals surface area contributed by atoms with Crippen LogP contribution in [0.3, 0.4) is 0 Å². The maximum atomic E-state index is 11.2. The molecule has 0 radical (unpaired) electrons. The van der Waals surface area contributed by atoms with Crippen molar-refractivity contribution in [3.63, 3.8) is 0 Å². The first-order chi connectivity index (χ1) is 8.25. The molecule has 96 valence electrons. The Hall–Kier alpha value is -0.680. The molecule has 0 N–H and O–H groups in total. The van der Waals surface area contributed by atoms with E-state index in [0.29, 0.717) is 0 Å². The molecule has 1 aliphatic rings. The molecule has 0 saturated carbocycles. The van der Waals surface area contributed by atoms with Crippen molar-refractivity contribution in [2.45, 2.75) is 0 Å². The molecular weight excluding hydrogens is 326 g/mol. The van der Waals surface area contributed by atoms with Crippen LogP contribution in [0.4, 0.5) is 0 Å². The predicted molar refractivity (Wildman–Crippen MR) is 66.6 cm³/mol. The van der Waals surface area contributed by atoms with E-state index in [0.717, 1.165) is 12.2 Å². The average molecular weight is 330 g/mol. The molecule has 0 amide bonds. The zero-order chi connectivity index (χ0) is 14.0. The minimum atomic E-state index is -1.16. The molecule has 0 fully saturated rings. The van der Waals surface area contributed by atoms with E-state index < -0.39 is 32.8 Å². The Morgan fingerprint density at radius 2 is 1.00 bits per heavy atom. The van der Waals surface area contributed by atoms with Gasteiger partial charge in [-0.05, 0) is 46.4 Å². The molecule has 0 saturated heterocycles. The van der Waals surface area contributed by atoms with Gasteiger partial charge < -0.3 is 0 Å². The Morgan fingerprint density at radius 3 is 1.17 bits per heavy atom. The van der Waals surface area contributed by atoms with E-state index in [4.69, 9.17) is 46.4 Å². The van der Waals surface area contributed by atoms with Crippen LogP contribution < -0.4 is 0 Å². The predicted octanol–water partition coefficient (Wildman–Crippen LogP) is 2.15. The van der Waals surface area contributed by atoms with Crippen molar-refractivity contribution >= 4 is 67.4 Å². The second kappa shape index (κ2) is 5.97. The van der Waals surface area contributed by atoms with Gasteiger partial charge in [-0.2, -0.15) is 0 Å². The van der Waals surface area contributed by atoms with Gasteiger partial charge in [-0.15, -0.1) is 0 Å². The van der Waals surface area contributed by atoms with Gasteiger partial charge in [-0.3, -0.25) is 19.2 Å². The molecule has 0 aromatic rings. The highest BCUT2D eigenvalue weighted by Crippen LogP contribution is 2.33. The Kier molecular flexibility index (Phi) is 5.10. The third-order valence-corrected chi connectivity index (χ3v) is 3.23. The summed E-state index contributed by atoms with van der Waals surface area (Å²) in [5.74, 6) is -2.32. The van der Waals surface area contributed by atoms with Crippen LogP contribution in [0.2, 0.25) is 0 Å². The van der Waals surface area contributed by atoms with Gasteiger partial charge in [0.25, 0.3) is 10.5 Å². The van der Waals surface area contributed by atoms with Crippen LogP contribution in [0.25, 0.3) is 0 Å². The molecule has 1 rings (SSSR count). The maximum Gasteiger partial charge on any atom is 0.252 e. The molecule has 0 aromatic carbocycles. The highest BCUT2D eigenvalue weighted by Gasteiger charge is 2.36. The molecular formula is C10H4Cl4O4. The van der Waals surface area contributed by atoms with Crippen LogP contribution in [0.1, 0.15) is 0 Å². The number of allylic oxidation sites excluding steroid dienone is 4. The largest absolute Gasteiger partial charge is 0.281 e. The number of carbonyl (C=O) groups is 4. The van der Waals surface area contributed by atoms with Crippen molar-refractivity contribution in [2.24, 2.45) is 11.8 Å². The first kappa shape index (κ1) is 15.4. The van der Waals surface area contributed by atoms with E-state index in [1.165, 1.54) is 0 Å². The van der Waals surface area contributed by atoms with Crippen LogP contribution in [0.5, 0.6) is 0 Å². The lowest BCUT2D eigenvalue weighted by Crippen LogP contribution is -2.27. The summed E-state index contributed by atoms with van der Waals surface area (Å²) >= 11 is 21.1. The lowest BCUT2D eigenvalue weighted by molar-refractivity contribution is -0.121. The Bertz CT molecular complexity index is 460. The molecule has 0 spiro atoms. The van der Waals surface area contributed by atoms with Crippen molar-refractivity contribution < 1.29 is 19.2 Å². The van der Waals surface area contributed by atoms with E-state index in [1.54, 1.807) is 0 Å². The Labute approximate surface area is 121 Å². The van der Waals surface area contributed by atoms with Crippen LogP contribution in [-0.4, -0.2) is 21.0 Å². The van der Waals surface area contributed by atoms with Crippen LogP contribution in [-0.2, 0) is 19.2 Å². The SMILES string of the molecule is O=C(Cl)C1=CC(C(=O)Cl)C(C(=O)Cl)C=C1C(=O)Cl. The van der Waals surface area contributed by atoms with Crippen molar-refractivity contribution in [3.05, 3.63) is 23.3 Å². The van der Waals surface area contributed by atoms with Gasteiger partial charge in [-0.25, -0.2) is 0 Å². The molecule has 1 aliphatic carbocycles. The molecule has 0 aromatic heterocycles. The fourth-order valence-electron chi connectivity index (χ4n) is 1.50. The minimum absolute atomic E-state index is 0.273. The summed E-state index contributed by atoms with van der Waals surface area (Å²) < 4.78 is 0. The van der Waals surface area contributed by atoms with E-state index in [9.17, 15) is 19.2 Å². The monoisotopic (exact) mass is 328 g/mol. The Balaban J connectivity index is 3.36. The standard InChI is InChI=1S/C10H4Cl4O4/c11-7(15)3-1-4(8(12)16)6(10(14)18)2-5(3)9(13)17/h1-3,5H. The third kappa shape index (κ3) is 3.20. The minimum Gasteiger partial charge on any atom is -0.281 e. The fraction of sp³-hybridized carbons (Fsp3) is 0.200. The average Bonchev–Trinajstić information content (AvgIpc) is 2.26. The molecule has 2 unspecified atom stereocenters. The van der Waals surface area contributed by atoms with Crippen molar-refractivity contribution in [1.82, 2.24) is 0 Å². The molecule has 2 atom stereocenters. The third-order valence-electron chi connectivity index (χ3n) is 2.32. The second-order valence-corrected chi connectivity index (χ2v) is 4.80. The first-order valence-corrected chi connectivity index (χ1v) is 5.99. The molecule has 0 heterocycles. The van der Waals surface area contributed by atoms with Crippen molar-refractivity contribution in [3.8, 4) is 0 Å². The molecule has 4 nitrogen and oxygen atoms in total. The van der Waals surface area contributed by atoms with Crippen LogP contribution in [0.15, 0.2) is 23.3 Å². The summed E-state index contributed by atoms with van der Waals surface area (Å²) in [7, 11) is 0. The summed E-state index contributed by atoms with van der Waals surface area (Å²) in [6.07, 6.45) is 2.04. The van der Waals surface area contributed by atoms with Gasteiger partial charge in [0, 0.05) is 11.1 Å². The van der Waals surface area contributed by atoms with Gasteiger partial charge in [-0.1, -0.05) is 12.2 Å². The number of rotatable bonds is 4. The number of halogens is 4. The van der Waals surface area contributed by atoms with Crippen molar-refractivity contribution in [2.75, 3.05) is 0 Å². The quantitative estimate of drug-likeness (QED) is 0.741. The zero-order valence-corrected chi connectivity index (χ0v) is 11.5. The van der Waals surface area contributed by atoms with Gasteiger partial charge in [0.1, 0.15) is 0 Å². The van der Waals surface area contributed by atoms with E-state index in [-0.39, 0.29) is 11.1 Å². The van der Waals surface area contributed by atoms with Crippen LogP contribution in [0, 0.1) is 11.8 Å². The molecule has 0 aliphatic heterocycles. The molecule has 8 heteroatoms. The summed E-state index contributed by atoms with van der Waals surface area (Å²) in [4.78, 5) is 44.6. The van der Waals surface area contributed by atoms with Gasteiger partial charge >= 0.3 is 0 Å². The zero-order valence-electron chi connectivity index (χ0n) is 8.45. The normalized spacial score (nSPS) is 22.9. The van der Waals surface area contributed by atoms with Gasteiger partial charge in [0.2, 0.25) is 10.5 Å². The first-order valence-electron chi connectivity index (χ1n) is 4.48. The number of carbonyl (C=O) groups excluding carboxylic acids is 4. The lowest BCUT2D eigenvalue weighted by atomic mass is 9.84. The second-order valence-electron chi connectivity index (χ2n) is 3.37. The number of hydrogen-bond donors (Lipinski definition) is 0. The summed E-state index contributed by atoms with van der Waals surface area (Å²) in [5, 5.41) is -3.78. The van der Waals surface area contributed by atoms with E-state index >= 15 is 0 Å². The Morgan fingerprint density at radius 1 is 0.722 bits per heavy atom. The lowest BCUT2D eigenvalue weighted by Gasteiger charge is -2.21. The van der Waals surface area contributed by atoms with Crippen LogP contribution >= 0.6 is 46.4 Å². The topological polar surface area (TPSA) is 68.3 Å². The van der Waals surface area contributed by atoms with Gasteiger partial charge in [0.05, 0.1) is 11.8 Å². The molecule has 0 bridgehead atoms. The van der Waals surface area contributed by atoms with E-state index in [1.807, 2.05) is 0 Å². The summed E-state index contributed by atoms with van der Waals surface area (Å²) in [6.45, 7) is 0. The fourth-order valence-corrected chi connectivity index (χ4v) is 2.23. The molecule has 18 heavy (non-hydrogen) atoms. The van der Waals surface area contributed by atoms with E-state index in [2.05, 4.69) is 0 Å². The highest BCUT2D eigenvalue weighted by atomic mass is 35.5. The maximum absolute atomic E-state index is 11.2. The summed E-state index contributed by atoms with van der Waals surface area (Å²) in [6, 6.07) is 0. The van der Waals surface area contributed by atoms with Crippen molar-refractivity contribution in [1.29, 1.82) is 0 Å². The van der Waals surface area contributed by atoms with Gasteiger partial charge in [0.15, 0.2) is 0 Å².